The Balaban J connectivity index is 1.68. The molecule has 7 nitrogen and oxygen atoms in total. The number of aromatic nitrogens is 3. The van der Waals surface area contributed by atoms with Crippen molar-refractivity contribution >= 4 is 17.7 Å². The largest absolute Gasteiger partial charge is 0.483 e. The number of ether oxygens (including phenoxy) is 2. The second kappa shape index (κ2) is 9.70. The minimum Gasteiger partial charge on any atom is -0.483 e. The van der Waals surface area contributed by atoms with Gasteiger partial charge in [0.2, 0.25) is 5.91 Å². The highest BCUT2D eigenvalue weighted by molar-refractivity contribution is 8.00. The molecule has 2 aromatic rings. The maximum absolute atomic E-state index is 13.7. The number of hydrogen-bond donors (Lipinski definition) is 0. The summed E-state index contributed by atoms with van der Waals surface area (Å²) < 4.78 is 26.4. The summed E-state index contributed by atoms with van der Waals surface area (Å²) in [5.41, 5.74) is 0. The molecule has 1 aliphatic rings. The van der Waals surface area contributed by atoms with Crippen LogP contribution >= 0.6 is 11.8 Å². The second-order valence-corrected chi connectivity index (χ2v) is 7.52. The van der Waals surface area contributed by atoms with Crippen LogP contribution < -0.4 is 4.74 Å². The molecule has 1 fully saturated rings. The van der Waals surface area contributed by atoms with Gasteiger partial charge in [-0.1, -0.05) is 30.0 Å². The summed E-state index contributed by atoms with van der Waals surface area (Å²) in [5, 5.41) is 8.64. The molecule has 0 spiro atoms. The van der Waals surface area contributed by atoms with Gasteiger partial charge < -0.3 is 14.4 Å². The standard InChI is InChI=1S/C19H23FN4O3S/c1-3-8-24-17(13-27-16-7-5-4-6-15(16)20)21-22-19(24)28-14(2)18(25)23-9-11-26-12-10-23/h3-7,14H,1,8-13H2,2H3. The van der Waals surface area contributed by atoms with E-state index >= 15 is 0 Å². The van der Waals surface area contributed by atoms with Gasteiger partial charge in [0.05, 0.1) is 18.5 Å². The van der Waals surface area contributed by atoms with Crippen LogP contribution in [0.4, 0.5) is 4.39 Å². The van der Waals surface area contributed by atoms with Gasteiger partial charge in [0.25, 0.3) is 0 Å². The Morgan fingerprint density at radius 3 is 2.86 bits per heavy atom. The number of thioether (sulfide) groups is 1. The van der Waals surface area contributed by atoms with Crippen molar-refractivity contribution in [3.8, 4) is 5.75 Å². The fraction of sp³-hybridized carbons (Fsp3) is 0.421. The van der Waals surface area contributed by atoms with Gasteiger partial charge in [0.15, 0.2) is 22.5 Å². The van der Waals surface area contributed by atoms with E-state index in [-0.39, 0.29) is 23.5 Å². The lowest BCUT2D eigenvalue weighted by atomic mass is 10.3. The lowest BCUT2D eigenvalue weighted by molar-refractivity contribution is -0.134. The number of allylic oxidation sites excluding steroid dienone is 1. The highest BCUT2D eigenvalue weighted by atomic mass is 32.2. The van der Waals surface area contributed by atoms with Crippen molar-refractivity contribution in [2.75, 3.05) is 26.3 Å². The van der Waals surface area contributed by atoms with Crippen molar-refractivity contribution in [2.45, 2.75) is 30.5 Å². The Morgan fingerprint density at radius 1 is 1.39 bits per heavy atom. The van der Waals surface area contributed by atoms with Crippen LogP contribution in [0.2, 0.25) is 0 Å². The average Bonchev–Trinajstić information content (AvgIpc) is 3.09. The summed E-state index contributed by atoms with van der Waals surface area (Å²) in [5.74, 6) is 0.305. The molecule has 0 saturated carbocycles. The third-order valence-electron chi connectivity index (χ3n) is 4.25. The molecule has 0 radical (unpaired) electrons. The number of morpholine rings is 1. The number of amides is 1. The monoisotopic (exact) mass is 406 g/mol. The average molecular weight is 406 g/mol. The number of nitrogens with zero attached hydrogens (tertiary/aromatic N) is 4. The second-order valence-electron chi connectivity index (χ2n) is 6.21. The summed E-state index contributed by atoms with van der Waals surface area (Å²) in [6.07, 6.45) is 1.72. The Bertz CT molecular complexity index is 823. The molecule has 0 bridgehead atoms. The van der Waals surface area contributed by atoms with Crippen LogP contribution in [-0.4, -0.2) is 57.1 Å². The number of hydrogen-bond acceptors (Lipinski definition) is 6. The van der Waals surface area contributed by atoms with Crippen LogP contribution in [0.1, 0.15) is 12.7 Å². The number of rotatable bonds is 8. The van der Waals surface area contributed by atoms with Crippen LogP contribution in [0.5, 0.6) is 5.75 Å². The fourth-order valence-electron chi connectivity index (χ4n) is 2.78. The molecule has 1 atom stereocenters. The van der Waals surface area contributed by atoms with Crippen molar-refractivity contribution in [3.63, 3.8) is 0 Å². The Labute approximate surface area is 167 Å². The molecule has 9 heteroatoms. The van der Waals surface area contributed by atoms with Gasteiger partial charge in [0.1, 0.15) is 6.61 Å². The first-order chi connectivity index (χ1) is 13.6. The first-order valence-electron chi connectivity index (χ1n) is 9.03. The number of halogens is 1. The van der Waals surface area contributed by atoms with E-state index in [2.05, 4.69) is 16.8 Å². The van der Waals surface area contributed by atoms with Gasteiger partial charge in [0, 0.05) is 19.6 Å². The zero-order valence-corrected chi connectivity index (χ0v) is 16.5. The van der Waals surface area contributed by atoms with E-state index < -0.39 is 5.82 Å². The van der Waals surface area contributed by atoms with Crippen LogP contribution in [0.15, 0.2) is 42.1 Å². The molecule has 1 aromatic heterocycles. The third-order valence-corrected chi connectivity index (χ3v) is 5.32. The first-order valence-corrected chi connectivity index (χ1v) is 9.91. The number of benzene rings is 1. The highest BCUT2D eigenvalue weighted by Crippen LogP contribution is 2.25. The van der Waals surface area contributed by atoms with E-state index in [4.69, 9.17) is 9.47 Å². The number of para-hydroxylation sites is 1. The minimum atomic E-state index is -0.434. The zero-order chi connectivity index (χ0) is 19.9. The predicted octanol–water partition coefficient (Wildman–Crippen LogP) is 2.52. The molecule has 1 amide bonds. The SMILES string of the molecule is C=CCn1c(COc2ccccc2F)nnc1SC(C)C(=O)N1CCOCC1. The normalized spacial score (nSPS) is 15.3. The first kappa shape index (κ1) is 20.3. The Hall–Kier alpha value is -2.39. The fourth-order valence-corrected chi connectivity index (χ4v) is 3.74. The maximum atomic E-state index is 13.7. The third kappa shape index (κ3) is 4.90. The predicted molar refractivity (Wildman–Crippen MR) is 104 cm³/mol. The van der Waals surface area contributed by atoms with Crippen molar-refractivity contribution in [2.24, 2.45) is 0 Å². The quantitative estimate of drug-likeness (QED) is 0.496. The van der Waals surface area contributed by atoms with Crippen LogP contribution in [-0.2, 0) is 22.7 Å². The molecule has 1 saturated heterocycles. The van der Waals surface area contributed by atoms with Gasteiger partial charge in [-0.2, -0.15) is 0 Å². The van der Waals surface area contributed by atoms with E-state index in [1.54, 1.807) is 29.2 Å². The lowest BCUT2D eigenvalue weighted by Gasteiger charge is -2.28. The molecule has 1 aromatic carbocycles. The van der Waals surface area contributed by atoms with Gasteiger partial charge in [-0.3, -0.25) is 9.36 Å². The summed E-state index contributed by atoms with van der Waals surface area (Å²) in [7, 11) is 0. The summed E-state index contributed by atoms with van der Waals surface area (Å²) >= 11 is 1.34. The van der Waals surface area contributed by atoms with E-state index in [1.165, 1.54) is 17.8 Å². The Kier molecular flexibility index (Phi) is 7.05. The zero-order valence-electron chi connectivity index (χ0n) is 15.7. The summed E-state index contributed by atoms with van der Waals surface area (Å²) in [6.45, 7) is 8.47. The molecule has 0 N–H and O–H groups in total. The molecular weight excluding hydrogens is 383 g/mol. The number of carbonyl (C=O) groups excluding carboxylic acids is 1. The van der Waals surface area contributed by atoms with Gasteiger partial charge >= 0.3 is 0 Å². The van der Waals surface area contributed by atoms with Crippen molar-refractivity contribution in [3.05, 3.63) is 48.6 Å². The van der Waals surface area contributed by atoms with Crippen molar-refractivity contribution in [1.82, 2.24) is 19.7 Å². The van der Waals surface area contributed by atoms with E-state index in [0.717, 1.165) is 0 Å². The molecule has 3 rings (SSSR count). The van der Waals surface area contributed by atoms with Crippen LogP contribution in [0, 0.1) is 5.82 Å². The maximum Gasteiger partial charge on any atom is 0.236 e. The minimum absolute atomic E-state index is 0.0469. The van der Waals surface area contributed by atoms with Gasteiger partial charge in [-0.05, 0) is 19.1 Å². The van der Waals surface area contributed by atoms with E-state index in [9.17, 15) is 9.18 Å². The smallest absolute Gasteiger partial charge is 0.236 e. The molecule has 150 valence electrons. The van der Waals surface area contributed by atoms with E-state index in [0.29, 0.717) is 43.8 Å². The highest BCUT2D eigenvalue weighted by Gasteiger charge is 2.25. The number of carbonyl (C=O) groups is 1. The van der Waals surface area contributed by atoms with Crippen molar-refractivity contribution < 1.29 is 18.7 Å². The molecular formula is C19H23FN4O3S. The molecule has 28 heavy (non-hydrogen) atoms. The van der Waals surface area contributed by atoms with Crippen molar-refractivity contribution in [1.29, 1.82) is 0 Å². The topological polar surface area (TPSA) is 69.5 Å². The van der Waals surface area contributed by atoms with E-state index in [1.807, 2.05) is 11.5 Å². The Morgan fingerprint density at radius 2 is 2.14 bits per heavy atom. The molecule has 0 aliphatic carbocycles. The van der Waals surface area contributed by atoms with Crippen LogP contribution in [0.3, 0.4) is 0 Å². The van der Waals surface area contributed by atoms with Crippen LogP contribution in [0.25, 0.3) is 0 Å². The molecule has 1 aliphatic heterocycles. The van der Waals surface area contributed by atoms with Gasteiger partial charge in [-0.25, -0.2) is 4.39 Å². The molecule has 2 heterocycles. The molecule has 1 unspecified atom stereocenters. The summed E-state index contributed by atoms with van der Waals surface area (Å²) in [6, 6.07) is 6.20. The lowest BCUT2D eigenvalue weighted by Crippen LogP contribution is -2.44. The summed E-state index contributed by atoms with van der Waals surface area (Å²) in [4.78, 5) is 14.4. The van der Waals surface area contributed by atoms with Gasteiger partial charge in [-0.15, -0.1) is 16.8 Å².